The molecule has 2 rings (SSSR count). The molecule has 0 unspecified atom stereocenters. The number of ether oxygens (including phenoxy) is 2. The number of aliphatic carboxylic acids is 2. The van der Waals surface area contributed by atoms with Crippen molar-refractivity contribution in [3.8, 4) is 0 Å². The van der Waals surface area contributed by atoms with Crippen molar-refractivity contribution in [3.63, 3.8) is 0 Å². The fourth-order valence-corrected chi connectivity index (χ4v) is 4.07. The molecule has 12 nitrogen and oxygen atoms in total. The van der Waals surface area contributed by atoms with E-state index in [4.69, 9.17) is 10.2 Å². The van der Waals surface area contributed by atoms with Crippen LogP contribution in [0, 0.1) is 11.8 Å². The molecule has 13 heteroatoms. The summed E-state index contributed by atoms with van der Waals surface area (Å²) in [5, 5.41) is 18.1. The van der Waals surface area contributed by atoms with Crippen LogP contribution < -0.4 is 0 Å². The smallest absolute Gasteiger partial charge is 0.329 e. The van der Waals surface area contributed by atoms with Crippen LogP contribution in [0.1, 0.15) is 47.0 Å². The van der Waals surface area contributed by atoms with E-state index in [1.807, 2.05) is 4.93 Å². The zero-order valence-electron chi connectivity index (χ0n) is 20.0. The number of piperidine rings is 2. The van der Waals surface area contributed by atoms with Crippen LogP contribution in [0.15, 0.2) is 0 Å². The summed E-state index contributed by atoms with van der Waals surface area (Å²) in [6.07, 6.45) is 2.03. The van der Waals surface area contributed by atoms with Gasteiger partial charge >= 0.3 is 23.9 Å². The van der Waals surface area contributed by atoms with Crippen LogP contribution in [0.5, 0.6) is 0 Å². The minimum absolute atomic E-state index is 0. The largest absolute Gasteiger partial charge is 0.481 e. The minimum atomic E-state index is -1.16. The van der Waals surface area contributed by atoms with Crippen molar-refractivity contribution in [2.24, 2.45) is 11.8 Å². The van der Waals surface area contributed by atoms with E-state index in [2.05, 4.69) is 32.1 Å². The van der Waals surface area contributed by atoms with E-state index >= 15 is 0 Å². The molecule has 0 aliphatic carbocycles. The molecule has 2 aliphatic heterocycles. The second-order valence-corrected chi connectivity index (χ2v) is 7.53. The second-order valence-electron chi connectivity index (χ2n) is 7.53. The highest BCUT2D eigenvalue weighted by molar-refractivity contribution is 14.1. The van der Waals surface area contributed by atoms with Gasteiger partial charge in [0, 0.05) is 26.9 Å². The highest BCUT2D eigenvalue weighted by Crippen LogP contribution is 2.26. The standard InChI is InChI=1S/2C10H15NO5.CH3I.CH4/c1-6(12)11-5-3-4-7(10(15)16-2)8(11)9(13)14;1-6(12)11-5-3-4-7(9(13)14)8(11)10(15)16-2;1-2;/h2*7-8H,3-5H2,1-2H3,(H,13,14);1H3;1H4/t2*7-,8+;;/m00../s1. The van der Waals surface area contributed by atoms with Crippen LogP contribution in [0.2, 0.25) is 0 Å². The van der Waals surface area contributed by atoms with Gasteiger partial charge in [0.2, 0.25) is 11.8 Å². The maximum absolute atomic E-state index is 11.5. The molecule has 0 aromatic carbocycles. The molecule has 0 saturated carbocycles. The molecule has 2 N–H and O–H groups in total. The maximum Gasteiger partial charge on any atom is 0.329 e. The van der Waals surface area contributed by atoms with Crippen molar-refractivity contribution >= 4 is 58.3 Å². The monoisotopic (exact) mass is 616 g/mol. The van der Waals surface area contributed by atoms with E-state index in [1.54, 1.807) is 0 Å². The first-order valence-electron chi connectivity index (χ1n) is 10.5. The summed E-state index contributed by atoms with van der Waals surface area (Å²) in [6.45, 7) is 3.40. The van der Waals surface area contributed by atoms with Gasteiger partial charge in [-0.1, -0.05) is 30.0 Å². The number of rotatable bonds is 4. The van der Waals surface area contributed by atoms with Gasteiger partial charge in [0.25, 0.3) is 0 Å². The van der Waals surface area contributed by atoms with Crippen LogP contribution in [0.4, 0.5) is 0 Å². The summed E-state index contributed by atoms with van der Waals surface area (Å²) in [4.78, 5) is 72.1. The number of hydrogen-bond acceptors (Lipinski definition) is 8. The number of methoxy groups -OCH3 is 2. The third-order valence-electron chi connectivity index (χ3n) is 5.59. The van der Waals surface area contributed by atoms with Crippen LogP contribution in [0.3, 0.4) is 0 Å². The molecule has 2 saturated heterocycles. The van der Waals surface area contributed by atoms with Gasteiger partial charge in [-0.05, 0) is 30.6 Å². The van der Waals surface area contributed by atoms with E-state index in [0.29, 0.717) is 38.8 Å². The van der Waals surface area contributed by atoms with Gasteiger partial charge in [-0.2, -0.15) is 0 Å². The highest BCUT2D eigenvalue weighted by atomic mass is 127. The molecule has 0 aromatic rings. The highest BCUT2D eigenvalue weighted by Gasteiger charge is 2.43. The number of carbonyl (C=O) groups excluding carboxylic acids is 4. The number of alkyl halides is 1. The third-order valence-corrected chi connectivity index (χ3v) is 5.59. The summed E-state index contributed by atoms with van der Waals surface area (Å²) in [6, 6.07) is -2.09. The third kappa shape index (κ3) is 9.61. The van der Waals surface area contributed by atoms with Gasteiger partial charge in [0.05, 0.1) is 26.1 Å². The number of halogens is 1. The van der Waals surface area contributed by atoms with Crippen molar-refractivity contribution in [2.75, 3.05) is 32.2 Å². The zero-order valence-corrected chi connectivity index (χ0v) is 22.1. The molecular weight excluding hydrogens is 579 g/mol. The fraction of sp³-hybridized carbons (Fsp3) is 0.727. The normalized spacial score (nSPS) is 23.0. The lowest BCUT2D eigenvalue weighted by Crippen LogP contribution is -2.54. The topological polar surface area (TPSA) is 168 Å². The lowest BCUT2D eigenvalue weighted by molar-refractivity contribution is -0.164. The Hall–Kier alpha value is -2.45. The minimum Gasteiger partial charge on any atom is -0.481 e. The molecule has 2 amide bonds. The summed E-state index contributed by atoms with van der Waals surface area (Å²) >= 11 is 2.15. The Balaban J connectivity index is 0. The van der Waals surface area contributed by atoms with Gasteiger partial charge < -0.3 is 29.5 Å². The Labute approximate surface area is 219 Å². The van der Waals surface area contributed by atoms with E-state index in [9.17, 15) is 28.8 Å². The molecule has 0 bridgehead atoms. The molecule has 4 atom stereocenters. The first kappa shape index (κ1) is 34.7. The van der Waals surface area contributed by atoms with E-state index in [1.165, 1.54) is 37.9 Å². The van der Waals surface area contributed by atoms with Crippen molar-refractivity contribution in [1.82, 2.24) is 9.80 Å². The molecule has 0 aromatic heterocycles. The lowest BCUT2D eigenvalue weighted by Gasteiger charge is -2.36. The number of carboxylic acid groups (broad SMARTS) is 2. The Morgan fingerprint density at radius 2 is 1.11 bits per heavy atom. The van der Waals surface area contributed by atoms with Gasteiger partial charge in [0.15, 0.2) is 0 Å². The predicted octanol–water partition coefficient (Wildman–Crippen LogP) is 1.43. The van der Waals surface area contributed by atoms with Crippen molar-refractivity contribution in [2.45, 2.75) is 59.0 Å². The predicted molar refractivity (Wildman–Crippen MR) is 134 cm³/mol. The number of hydrogen-bond donors (Lipinski definition) is 2. The SMILES string of the molecule is C.CI.COC(=O)[C@H]1CCCN(C(C)=O)[C@H]1C(=O)O.COC(=O)[C@H]1[C@@H](C(=O)O)CCCN1C(C)=O. The summed E-state index contributed by atoms with van der Waals surface area (Å²) < 4.78 is 9.11. The number of carboxylic acids is 2. The first-order valence-corrected chi connectivity index (χ1v) is 12.7. The van der Waals surface area contributed by atoms with Crippen molar-refractivity contribution in [3.05, 3.63) is 0 Å². The molecule has 2 heterocycles. The second kappa shape index (κ2) is 17.1. The zero-order chi connectivity index (χ0) is 26.6. The summed E-state index contributed by atoms with van der Waals surface area (Å²) in [7, 11) is 2.40. The van der Waals surface area contributed by atoms with Gasteiger partial charge in [0.1, 0.15) is 12.1 Å². The molecule has 0 spiro atoms. The van der Waals surface area contributed by atoms with E-state index in [0.717, 1.165) is 0 Å². The number of amides is 2. The molecular formula is C22H37IN2O10. The lowest BCUT2D eigenvalue weighted by atomic mass is 9.89. The molecule has 202 valence electrons. The summed E-state index contributed by atoms with van der Waals surface area (Å²) in [5.74, 6) is -5.74. The molecule has 2 fully saturated rings. The van der Waals surface area contributed by atoms with Gasteiger partial charge in [-0.15, -0.1) is 0 Å². The van der Waals surface area contributed by atoms with E-state index < -0.39 is 47.8 Å². The number of carbonyl (C=O) groups is 6. The van der Waals surface area contributed by atoms with Crippen LogP contribution in [-0.4, -0.2) is 100 Å². The average molecular weight is 616 g/mol. The van der Waals surface area contributed by atoms with Crippen LogP contribution in [-0.2, 0) is 38.2 Å². The Kier molecular flexibility index (Phi) is 16.9. The van der Waals surface area contributed by atoms with E-state index in [-0.39, 0.29) is 19.2 Å². The maximum atomic E-state index is 11.5. The number of likely N-dealkylation sites (tertiary alicyclic amines) is 2. The fourth-order valence-electron chi connectivity index (χ4n) is 4.07. The average Bonchev–Trinajstić information content (AvgIpc) is 2.83. The Morgan fingerprint density at radius 1 is 0.714 bits per heavy atom. The van der Waals surface area contributed by atoms with Crippen LogP contribution in [0.25, 0.3) is 0 Å². The molecule has 35 heavy (non-hydrogen) atoms. The first-order chi connectivity index (χ1) is 16.0. The Morgan fingerprint density at radius 3 is 1.46 bits per heavy atom. The van der Waals surface area contributed by atoms with Crippen LogP contribution >= 0.6 is 22.6 Å². The van der Waals surface area contributed by atoms with Crippen molar-refractivity contribution in [1.29, 1.82) is 0 Å². The Bertz CT molecular complexity index is 739. The number of nitrogens with zero attached hydrogens (tertiary/aromatic N) is 2. The van der Waals surface area contributed by atoms with Gasteiger partial charge in [-0.25, -0.2) is 9.59 Å². The van der Waals surface area contributed by atoms with Crippen molar-refractivity contribution < 1.29 is 48.5 Å². The number of esters is 2. The van der Waals surface area contributed by atoms with Gasteiger partial charge in [-0.3, -0.25) is 19.2 Å². The quantitative estimate of drug-likeness (QED) is 0.268. The molecule has 0 radical (unpaired) electrons. The summed E-state index contributed by atoms with van der Waals surface area (Å²) in [5.41, 5.74) is 0. The molecule has 2 aliphatic rings.